The van der Waals surface area contributed by atoms with E-state index in [0.717, 1.165) is 36.3 Å². The van der Waals surface area contributed by atoms with Crippen molar-refractivity contribution in [2.45, 2.75) is 55.8 Å². The average molecular weight is 299 g/mol. The van der Waals surface area contributed by atoms with Crippen molar-refractivity contribution >= 4 is 5.78 Å². The summed E-state index contributed by atoms with van der Waals surface area (Å²) < 4.78 is 6.19. The maximum absolute atomic E-state index is 12.6. The second kappa shape index (κ2) is 3.74. The van der Waals surface area contributed by atoms with Gasteiger partial charge in [0.05, 0.1) is 11.0 Å². The fraction of sp³-hybridized carbons (Fsp3) is 0.611. The van der Waals surface area contributed by atoms with Crippen molar-refractivity contribution < 1.29 is 14.6 Å². The van der Waals surface area contributed by atoms with Gasteiger partial charge in [-0.3, -0.25) is 4.79 Å². The van der Waals surface area contributed by atoms with Gasteiger partial charge in [0.1, 0.15) is 5.75 Å². The van der Waals surface area contributed by atoms with Crippen LogP contribution in [0.15, 0.2) is 12.1 Å². The zero-order chi connectivity index (χ0) is 15.3. The van der Waals surface area contributed by atoms with E-state index < -0.39 is 17.1 Å². The Morgan fingerprint density at radius 2 is 2.18 bits per heavy atom. The highest BCUT2D eigenvalue weighted by atomic mass is 16.5. The van der Waals surface area contributed by atoms with Gasteiger partial charge in [0, 0.05) is 18.0 Å². The lowest BCUT2D eigenvalue weighted by molar-refractivity contribution is -0.185. The molecule has 2 aliphatic carbocycles. The number of likely N-dealkylation sites (N-methyl/N-ethyl adjacent to an activating group) is 1. The van der Waals surface area contributed by atoms with E-state index in [2.05, 4.69) is 24.1 Å². The van der Waals surface area contributed by atoms with Crippen molar-refractivity contribution in [2.24, 2.45) is 0 Å². The summed E-state index contributed by atoms with van der Waals surface area (Å²) in [6, 6.07) is 4.35. The molecule has 0 aromatic heterocycles. The van der Waals surface area contributed by atoms with Crippen LogP contribution in [0.3, 0.4) is 0 Å². The summed E-state index contributed by atoms with van der Waals surface area (Å²) in [6.45, 7) is 2.95. The van der Waals surface area contributed by atoms with E-state index in [1.54, 1.807) is 0 Å². The van der Waals surface area contributed by atoms with E-state index in [0.29, 0.717) is 12.8 Å². The largest absolute Gasteiger partial charge is 0.481 e. The lowest BCUT2D eigenvalue weighted by Gasteiger charge is -2.62. The molecule has 1 aromatic carbocycles. The van der Waals surface area contributed by atoms with Crippen molar-refractivity contribution in [3.05, 3.63) is 28.8 Å². The van der Waals surface area contributed by atoms with Gasteiger partial charge >= 0.3 is 0 Å². The van der Waals surface area contributed by atoms with Crippen molar-refractivity contribution in [1.82, 2.24) is 4.90 Å². The maximum Gasteiger partial charge on any atom is 0.174 e. The fourth-order valence-electron chi connectivity index (χ4n) is 5.68. The molecule has 2 bridgehead atoms. The molecular formula is C18H21NO3. The Balaban J connectivity index is 1.88. The van der Waals surface area contributed by atoms with Crippen molar-refractivity contribution in [1.29, 1.82) is 0 Å². The number of rotatable bonds is 0. The topological polar surface area (TPSA) is 49.8 Å². The van der Waals surface area contributed by atoms with Gasteiger partial charge < -0.3 is 14.7 Å². The van der Waals surface area contributed by atoms with E-state index in [1.165, 1.54) is 5.56 Å². The maximum atomic E-state index is 12.6. The van der Waals surface area contributed by atoms with Crippen LogP contribution >= 0.6 is 0 Å². The van der Waals surface area contributed by atoms with Gasteiger partial charge in [0.2, 0.25) is 0 Å². The number of aliphatic hydroxyl groups is 1. The number of ketones is 1. The average Bonchev–Trinajstić information content (AvgIpc) is 2.85. The first kappa shape index (κ1) is 13.1. The number of carbonyl (C=O) groups is 1. The molecule has 1 unspecified atom stereocenters. The molecule has 0 radical (unpaired) electrons. The minimum Gasteiger partial charge on any atom is -0.481 e. The molecule has 2 aliphatic heterocycles. The Morgan fingerprint density at radius 1 is 1.36 bits per heavy atom. The zero-order valence-corrected chi connectivity index (χ0v) is 13.1. The number of Topliss-reactive ketones (excluding diaryl/α,β-unsaturated/α-hetero) is 1. The first-order chi connectivity index (χ1) is 10.5. The summed E-state index contributed by atoms with van der Waals surface area (Å²) in [5.41, 5.74) is 2.13. The van der Waals surface area contributed by atoms with E-state index in [1.807, 2.05) is 6.92 Å². The van der Waals surface area contributed by atoms with Crippen LogP contribution in [0.4, 0.5) is 0 Å². The van der Waals surface area contributed by atoms with E-state index in [-0.39, 0.29) is 11.8 Å². The van der Waals surface area contributed by atoms with Gasteiger partial charge in [0.15, 0.2) is 11.9 Å². The van der Waals surface area contributed by atoms with Crippen LogP contribution < -0.4 is 4.74 Å². The molecule has 1 saturated heterocycles. The summed E-state index contributed by atoms with van der Waals surface area (Å²) in [6.07, 6.45) is 2.15. The smallest absolute Gasteiger partial charge is 0.174 e. The molecule has 4 nitrogen and oxygen atoms in total. The number of aryl methyl sites for hydroxylation is 1. The number of hydrogen-bond acceptors (Lipinski definition) is 4. The minimum absolute atomic E-state index is 0.0848. The SMILES string of the molecule is Cc1ccc2c3c1O[C@H]1C(=O)CC[C@@]4(O)C(C2)N(C)CC[C@]314. The molecule has 0 amide bonds. The first-order valence-corrected chi connectivity index (χ1v) is 8.24. The summed E-state index contributed by atoms with van der Waals surface area (Å²) in [5.74, 6) is 1.04. The molecule has 2 heterocycles. The molecule has 5 rings (SSSR count). The Kier molecular flexibility index (Phi) is 2.23. The Morgan fingerprint density at radius 3 is 3.00 bits per heavy atom. The normalized spacial score (nSPS) is 42.0. The monoisotopic (exact) mass is 299 g/mol. The van der Waals surface area contributed by atoms with Crippen molar-refractivity contribution in [3.8, 4) is 5.75 Å². The van der Waals surface area contributed by atoms with Crippen LogP contribution in [0, 0.1) is 6.92 Å². The second-order valence-electron chi connectivity index (χ2n) is 7.56. The molecule has 4 atom stereocenters. The predicted molar refractivity (Wildman–Crippen MR) is 81.2 cm³/mol. The number of carbonyl (C=O) groups excluding carboxylic acids is 1. The minimum atomic E-state index is -0.843. The first-order valence-electron chi connectivity index (χ1n) is 8.24. The summed E-state index contributed by atoms with van der Waals surface area (Å²) in [4.78, 5) is 14.9. The summed E-state index contributed by atoms with van der Waals surface area (Å²) in [5, 5.41) is 11.7. The summed E-state index contributed by atoms with van der Waals surface area (Å²) >= 11 is 0. The van der Waals surface area contributed by atoms with Crippen LogP contribution in [-0.2, 0) is 16.6 Å². The van der Waals surface area contributed by atoms with Crippen LogP contribution in [0.1, 0.15) is 36.0 Å². The Labute approximate surface area is 130 Å². The quantitative estimate of drug-likeness (QED) is 0.785. The number of nitrogens with zero attached hydrogens (tertiary/aromatic N) is 1. The van der Waals surface area contributed by atoms with Gasteiger partial charge in [-0.05, 0) is 50.9 Å². The van der Waals surface area contributed by atoms with Gasteiger partial charge in [-0.25, -0.2) is 0 Å². The third kappa shape index (κ3) is 1.16. The van der Waals surface area contributed by atoms with Crippen LogP contribution in [0.2, 0.25) is 0 Å². The molecule has 116 valence electrons. The van der Waals surface area contributed by atoms with Gasteiger partial charge in [-0.1, -0.05) is 12.1 Å². The number of benzene rings is 1. The number of ether oxygens (including phenoxy) is 1. The lowest BCUT2D eigenvalue weighted by Crippen LogP contribution is -2.76. The number of hydrogen-bond donors (Lipinski definition) is 1. The molecule has 2 fully saturated rings. The highest BCUT2D eigenvalue weighted by molar-refractivity contribution is 5.89. The van der Waals surface area contributed by atoms with E-state index in [9.17, 15) is 9.90 Å². The van der Waals surface area contributed by atoms with Gasteiger partial charge in [-0.15, -0.1) is 0 Å². The molecule has 22 heavy (non-hydrogen) atoms. The van der Waals surface area contributed by atoms with Crippen molar-refractivity contribution in [2.75, 3.05) is 13.6 Å². The molecule has 4 heteroatoms. The zero-order valence-electron chi connectivity index (χ0n) is 13.1. The molecular weight excluding hydrogens is 278 g/mol. The number of piperidine rings is 1. The second-order valence-corrected chi connectivity index (χ2v) is 7.56. The molecule has 4 aliphatic rings. The van der Waals surface area contributed by atoms with Crippen LogP contribution in [0.5, 0.6) is 5.75 Å². The highest BCUT2D eigenvalue weighted by Gasteiger charge is 2.72. The van der Waals surface area contributed by atoms with Crippen LogP contribution in [0.25, 0.3) is 0 Å². The fourth-order valence-corrected chi connectivity index (χ4v) is 5.68. The molecule has 1 aromatic rings. The molecule has 1 spiro atoms. The molecule has 1 saturated carbocycles. The highest BCUT2D eigenvalue weighted by Crippen LogP contribution is 2.63. The standard InChI is InChI=1S/C18H21NO3/c1-10-3-4-11-9-13-18(21)6-5-12(20)16-17(18,7-8-19(13)2)14(11)15(10)22-16/h3-4,13,16,21H,5-9H2,1-2H3/t13?,16-,17-,18+/m0/s1. The Hall–Kier alpha value is -1.39. The summed E-state index contributed by atoms with van der Waals surface area (Å²) in [7, 11) is 2.09. The van der Waals surface area contributed by atoms with E-state index >= 15 is 0 Å². The predicted octanol–water partition coefficient (Wildman–Crippen LogP) is 1.35. The van der Waals surface area contributed by atoms with Gasteiger partial charge in [-0.2, -0.15) is 0 Å². The third-order valence-corrected chi connectivity index (χ3v) is 6.74. The van der Waals surface area contributed by atoms with Crippen LogP contribution in [-0.4, -0.2) is 47.1 Å². The van der Waals surface area contributed by atoms with Gasteiger partial charge in [0.25, 0.3) is 0 Å². The number of likely N-dealkylation sites (tertiary alicyclic amines) is 1. The van der Waals surface area contributed by atoms with E-state index in [4.69, 9.17) is 4.74 Å². The Bertz CT molecular complexity index is 715. The molecule has 1 N–H and O–H groups in total. The van der Waals surface area contributed by atoms with Crippen molar-refractivity contribution in [3.63, 3.8) is 0 Å². The third-order valence-electron chi connectivity index (χ3n) is 6.74. The lowest BCUT2D eigenvalue weighted by atomic mass is 9.49.